The molecule has 0 amide bonds. The Bertz CT molecular complexity index is 591. The van der Waals surface area contributed by atoms with Crippen LogP contribution in [0, 0.1) is 11.8 Å². The van der Waals surface area contributed by atoms with E-state index in [1.807, 2.05) is 0 Å². The molecule has 1 aromatic rings. The van der Waals surface area contributed by atoms with E-state index in [-0.39, 0.29) is 5.75 Å². The van der Waals surface area contributed by atoms with Gasteiger partial charge in [-0.15, -0.1) is 0 Å². The highest BCUT2D eigenvalue weighted by Gasteiger charge is 2.39. The van der Waals surface area contributed by atoms with Gasteiger partial charge < -0.3 is 15.2 Å². The number of phenols is 1. The van der Waals surface area contributed by atoms with Crippen molar-refractivity contribution in [2.45, 2.75) is 31.7 Å². The average molecular weight is 319 g/mol. The Morgan fingerprint density at radius 1 is 1.41 bits per heavy atom. The predicted molar refractivity (Wildman–Crippen MR) is 90.4 cm³/mol. The summed E-state index contributed by atoms with van der Waals surface area (Å²) in [5.74, 6) is 2.13. The minimum Gasteiger partial charge on any atom is -0.504 e. The summed E-state index contributed by atoms with van der Waals surface area (Å²) in [6.45, 7) is 0. The monoisotopic (exact) mass is 319 g/mol. The molecule has 3 N–H and O–H groups in total. The van der Waals surface area contributed by atoms with Crippen molar-refractivity contribution < 1.29 is 9.84 Å². The Kier molecular flexibility index (Phi) is 4.47. The lowest BCUT2D eigenvalue weighted by atomic mass is 9.96. The van der Waals surface area contributed by atoms with E-state index in [1.165, 1.54) is 39.0 Å². The lowest BCUT2D eigenvalue weighted by molar-refractivity contribution is 0.373. The molecule has 118 valence electrons. The number of hydrazone groups is 1. The zero-order chi connectivity index (χ0) is 15.5. The number of hydrogen-bond acceptors (Lipinski definition) is 4. The fourth-order valence-corrected chi connectivity index (χ4v) is 3.79. The molecule has 0 heterocycles. The van der Waals surface area contributed by atoms with Crippen molar-refractivity contribution in [1.29, 1.82) is 0 Å². The lowest BCUT2D eigenvalue weighted by Crippen LogP contribution is -2.42. The molecule has 0 radical (unpaired) electrons. The minimum atomic E-state index is 0.0718. The number of thiocarbonyl (C=S) groups is 1. The molecule has 22 heavy (non-hydrogen) atoms. The number of phenolic OH excluding ortho intramolecular Hbond substituents is 1. The summed E-state index contributed by atoms with van der Waals surface area (Å²) in [5, 5.41) is 17.9. The maximum absolute atomic E-state index is 9.96. The summed E-state index contributed by atoms with van der Waals surface area (Å²) in [5.41, 5.74) is 3.40. The Morgan fingerprint density at radius 2 is 2.27 bits per heavy atom. The van der Waals surface area contributed by atoms with E-state index >= 15 is 0 Å². The van der Waals surface area contributed by atoms with Crippen molar-refractivity contribution in [1.82, 2.24) is 10.7 Å². The van der Waals surface area contributed by atoms with Gasteiger partial charge in [-0.05, 0) is 55.4 Å². The van der Waals surface area contributed by atoms with E-state index in [2.05, 4.69) is 15.8 Å². The second kappa shape index (κ2) is 6.52. The number of fused-ring (bicyclic) bond motifs is 2. The SMILES string of the molecule is COc1cccc(C=NNC(=S)NC2CC3CCC2C3)c1O. The first-order valence-electron chi connectivity index (χ1n) is 7.63. The lowest BCUT2D eigenvalue weighted by Gasteiger charge is -2.23. The first-order valence-corrected chi connectivity index (χ1v) is 8.03. The molecule has 0 saturated heterocycles. The van der Waals surface area contributed by atoms with Gasteiger partial charge in [-0.3, -0.25) is 5.43 Å². The molecule has 3 unspecified atom stereocenters. The highest BCUT2D eigenvalue weighted by atomic mass is 32.1. The summed E-state index contributed by atoms with van der Waals surface area (Å²) in [4.78, 5) is 0. The maximum Gasteiger partial charge on any atom is 0.187 e. The third kappa shape index (κ3) is 3.16. The van der Waals surface area contributed by atoms with Gasteiger partial charge in [0.1, 0.15) is 0 Å². The van der Waals surface area contributed by atoms with E-state index in [4.69, 9.17) is 17.0 Å². The molecule has 0 aliphatic heterocycles. The van der Waals surface area contributed by atoms with Crippen molar-refractivity contribution >= 4 is 23.5 Å². The number of methoxy groups -OCH3 is 1. The summed E-state index contributed by atoms with van der Waals surface area (Å²) in [6.07, 6.45) is 6.77. The van der Waals surface area contributed by atoms with Crippen LogP contribution in [0.4, 0.5) is 0 Å². The highest BCUT2D eigenvalue weighted by Crippen LogP contribution is 2.44. The van der Waals surface area contributed by atoms with Crippen LogP contribution >= 0.6 is 12.2 Å². The Labute approximate surface area is 135 Å². The van der Waals surface area contributed by atoms with Crippen LogP contribution in [-0.4, -0.2) is 29.6 Å². The first-order chi connectivity index (χ1) is 10.7. The summed E-state index contributed by atoms with van der Waals surface area (Å²) >= 11 is 5.28. The predicted octanol–water partition coefficient (Wildman–Crippen LogP) is 2.39. The van der Waals surface area contributed by atoms with Crippen LogP contribution in [0.15, 0.2) is 23.3 Å². The molecule has 1 aromatic carbocycles. The van der Waals surface area contributed by atoms with Gasteiger partial charge in [-0.1, -0.05) is 12.5 Å². The van der Waals surface area contributed by atoms with Crippen molar-refractivity contribution in [2.24, 2.45) is 16.9 Å². The van der Waals surface area contributed by atoms with Gasteiger partial charge in [0.25, 0.3) is 0 Å². The molecule has 5 nitrogen and oxygen atoms in total. The topological polar surface area (TPSA) is 65.9 Å². The number of nitrogens with zero attached hydrogens (tertiary/aromatic N) is 1. The van der Waals surface area contributed by atoms with Gasteiger partial charge in [0, 0.05) is 11.6 Å². The van der Waals surface area contributed by atoms with Gasteiger partial charge in [0.2, 0.25) is 0 Å². The van der Waals surface area contributed by atoms with Gasteiger partial charge >= 0.3 is 0 Å². The number of benzene rings is 1. The second-order valence-corrected chi connectivity index (χ2v) is 6.43. The van der Waals surface area contributed by atoms with Crippen LogP contribution in [0.1, 0.15) is 31.2 Å². The first kappa shape index (κ1) is 15.1. The van der Waals surface area contributed by atoms with Crippen LogP contribution < -0.4 is 15.5 Å². The molecular weight excluding hydrogens is 298 g/mol. The fraction of sp³-hybridized carbons (Fsp3) is 0.500. The summed E-state index contributed by atoms with van der Waals surface area (Å²) < 4.78 is 5.06. The Hall–Kier alpha value is -1.82. The number of hydrogen-bond donors (Lipinski definition) is 3. The second-order valence-electron chi connectivity index (χ2n) is 6.02. The minimum absolute atomic E-state index is 0.0718. The van der Waals surface area contributed by atoms with Gasteiger partial charge in [0.15, 0.2) is 16.6 Å². The molecule has 0 spiro atoms. The van der Waals surface area contributed by atoms with E-state index < -0.39 is 0 Å². The van der Waals surface area contributed by atoms with Crippen molar-refractivity contribution in [2.75, 3.05) is 7.11 Å². The molecule has 6 heteroatoms. The molecule has 2 aliphatic carbocycles. The molecule has 2 bridgehead atoms. The van der Waals surface area contributed by atoms with Gasteiger partial charge in [0.05, 0.1) is 13.3 Å². The highest BCUT2D eigenvalue weighted by molar-refractivity contribution is 7.80. The third-order valence-corrected chi connectivity index (χ3v) is 4.88. The summed E-state index contributed by atoms with van der Waals surface area (Å²) in [7, 11) is 1.52. The molecule has 2 saturated carbocycles. The van der Waals surface area contributed by atoms with Gasteiger partial charge in [-0.2, -0.15) is 5.10 Å². The van der Waals surface area contributed by atoms with E-state index in [0.29, 0.717) is 22.5 Å². The van der Waals surface area contributed by atoms with E-state index in [9.17, 15) is 5.11 Å². The van der Waals surface area contributed by atoms with Crippen molar-refractivity contribution in [3.8, 4) is 11.5 Å². The molecule has 3 rings (SSSR count). The van der Waals surface area contributed by atoms with Crippen LogP contribution in [0.5, 0.6) is 11.5 Å². The smallest absolute Gasteiger partial charge is 0.187 e. The molecular formula is C16H21N3O2S. The van der Waals surface area contributed by atoms with Crippen LogP contribution in [-0.2, 0) is 0 Å². The number of rotatable bonds is 4. The quantitative estimate of drug-likeness (QED) is 0.452. The Morgan fingerprint density at radius 3 is 2.95 bits per heavy atom. The van der Waals surface area contributed by atoms with Crippen LogP contribution in [0.2, 0.25) is 0 Å². The largest absolute Gasteiger partial charge is 0.504 e. The number of nitrogens with one attached hydrogen (secondary N) is 2. The van der Waals surface area contributed by atoms with Crippen molar-refractivity contribution in [3.05, 3.63) is 23.8 Å². The van der Waals surface area contributed by atoms with E-state index in [0.717, 1.165) is 11.8 Å². The Balaban J connectivity index is 1.52. The number of aromatic hydroxyl groups is 1. The normalized spacial score (nSPS) is 26.3. The number of para-hydroxylation sites is 1. The van der Waals surface area contributed by atoms with Crippen molar-refractivity contribution in [3.63, 3.8) is 0 Å². The average Bonchev–Trinajstić information content (AvgIpc) is 3.11. The zero-order valence-electron chi connectivity index (χ0n) is 12.6. The van der Waals surface area contributed by atoms with E-state index in [1.54, 1.807) is 18.2 Å². The van der Waals surface area contributed by atoms with Crippen LogP contribution in [0.3, 0.4) is 0 Å². The molecule has 3 atom stereocenters. The maximum atomic E-state index is 9.96. The van der Waals surface area contributed by atoms with Gasteiger partial charge in [-0.25, -0.2) is 0 Å². The molecule has 2 aliphatic rings. The molecule has 0 aromatic heterocycles. The standard InChI is InChI=1S/C16H21N3O2S/c1-21-14-4-2-3-12(15(14)20)9-17-19-16(22)18-13-8-10-5-6-11(13)7-10/h2-4,9-11,13,20H,5-8H2,1H3,(H2,18,19,22). The number of ether oxygens (including phenoxy) is 1. The zero-order valence-corrected chi connectivity index (χ0v) is 13.4. The summed E-state index contributed by atoms with van der Waals surface area (Å²) in [6, 6.07) is 5.74. The third-order valence-electron chi connectivity index (χ3n) is 4.67. The fourth-order valence-electron chi connectivity index (χ4n) is 3.59. The van der Waals surface area contributed by atoms with Crippen LogP contribution in [0.25, 0.3) is 0 Å². The molecule has 2 fully saturated rings.